The van der Waals surface area contributed by atoms with Crippen LogP contribution < -0.4 is 5.32 Å². The fourth-order valence-electron chi connectivity index (χ4n) is 2.06. The number of hydrogen-bond acceptors (Lipinski definition) is 2. The van der Waals surface area contributed by atoms with E-state index in [0.29, 0.717) is 0 Å². The lowest BCUT2D eigenvalue weighted by atomic mass is 10.0. The highest BCUT2D eigenvalue weighted by Crippen LogP contribution is 2.26. The quantitative estimate of drug-likeness (QED) is 0.822. The van der Waals surface area contributed by atoms with Gasteiger partial charge in [-0.2, -0.15) is 0 Å². The van der Waals surface area contributed by atoms with Crippen LogP contribution in [0.2, 0.25) is 0 Å². The molecular weight excluding hydrogens is 368 g/mol. The minimum absolute atomic E-state index is 0.272. The van der Waals surface area contributed by atoms with Gasteiger partial charge in [-0.3, -0.25) is 4.98 Å². The average Bonchev–Trinajstić information content (AvgIpc) is 2.38. The summed E-state index contributed by atoms with van der Waals surface area (Å²) in [7, 11) is 0. The van der Waals surface area contributed by atoms with Crippen LogP contribution in [0.15, 0.2) is 51.5 Å². The van der Waals surface area contributed by atoms with Gasteiger partial charge in [0.05, 0.1) is 0 Å². The SMILES string of the molecule is CCNC(Cc1ccccn1)c1cc(Br)cc(Br)c1. The molecule has 0 saturated heterocycles. The lowest BCUT2D eigenvalue weighted by Gasteiger charge is -2.18. The molecule has 0 radical (unpaired) electrons. The molecule has 2 rings (SSSR count). The van der Waals surface area contributed by atoms with Crippen molar-refractivity contribution in [2.75, 3.05) is 6.54 Å². The van der Waals surface area contributed by atoms with Crippen LogP contribution in [0, 0.1) is 0 Å². The van der Waals surface area contributed by atoms with Crippen LogP contribution in [0.1, 0.15) is 24.2 Å². The standard InChI is InChI=1S/C15H16Br2N2/c1-2-18-15(10-14-5-3-4-6-19-14)11-7-12(16)9-13(17)8-11/h3-9,15,18H,2,10H2,1H3. The Morgan fingerprint density at radius 3 is 2.47 bits per heavy atom. The summed E-state index contributed by atoms with van der Waals surface area (Å²) in [4.78, 5) is 4.41. The van der Waals surface area contributed by atoms with E-state index in [2.05, 4.69) is 67.3 Å². The first-order valence-corrected chi connectivity index (χ1v) is 7.87. The number of halogens is 2. The minimum atomic E-state index is 0.272. The number of nitrogens with zero attached hydrogens (tertiary/aromatic N) is 1. The average molecular weight is 384 g/mol. The summed E-state index contributed by atoms with van der Waals surface area (Å²) in [5.41, 5.74) is 2.36. The Morgan fingerprint density at radius 2 is 1.89 bits per heavy atom. The van der Waals surface area contributed by atoms with Crippen molar-refractivity contribution in [3.05, 3.63) is 62.8 Å². The van der Waals surface area contributed by atoms with Crippen molar-refractivity contribution in [3.8, 4) is 0 Å². The molecule has 0 saturated carbocycles. The van der Waals surface area contributed by atoms with Crippen LogP contribution in [0.25, 0.3) is 0 Å². The third-order valence-electron chi connectivity index (χ3n) is 2.88. The molecule has 100 valence electrons. The molecule has 0 amide bonds. The van der Waals surface area contributed by atoms with E-state index in [0.717, 1.165) is 27.6 Å². The van der Waals surface area contributed by atoms with Crippen molar-refractivity contribution in [2.45, 2.75) is 19.4 Å². The third-order valence-corrected chi connectivity index (χ3v) is 3.79. The van der Waals surface area contributed by atoms with E-state index in [4.69, 9.17) is 0 Å². The number of nitrogens with one attached hydrogen (secondary N) is 1. The first kappa shape index (κ1) is 14.7. The van der Waals surface area contributed by atoms with Gasteiger partial charge in [0.2, 0.25) is 0 Å². The van der Waals surface area contributed by atoms with Gasteiger partial charge < -0.3 is 5.32 Å². The van der Waals surface area contributed by atoms with Crippen LogP contribution >= 0.6 is 31.9 Å². The maximum Gasteiger partial charge on any atom is 0.0422 e. The van der Waals surface area contributed by atoms with Crippen molar-refractivity contribution in [1.29, 1.82) is 0 Å². The van der Waals surface area contributed by atoms with E-state index in [1.165, 1.54) is 5.56 Å². The summed E-state index contributed by atoms with van der Waals surface area (Å²) in [6.07, 6.45) is 2.73. The lowest BCUT2D eigenvalue weighted by molar-refractivity contribution is 0.543. The van der Waals surface area contributed by atoms with Gasteiger partial charge in [-0.25, -0.2) is 0 Å². The number of pyridine rings is 1. The van der Waals surface area contributed by atoms with Gasteiger partial charge in [0.1, 0.15) is 0 Å². The predicted octanol–water partition coefficient (Wildman–Crippen LogP) is 4.50. The van der Waals surface area contributed by atoms with Crippen LogP contribution in [0.5, 0.6) is 0 Å². The summed E-state index contributed by atoms with van der Waals surface area (Å²) in [5.74, 6) is 0. The molecule has 1 atom stereocenters. The normalized spacial score (nSPS) is 12.4. The molecule has 1 unspecified atom stereocenters. The molecule has 1 aromatic carbocycles. The molecule has 0 aliphatic rings. The Morgan fingerprint density at radius 1 is 1.16 bits per heavy atom. The largest absolute Gasteiger partial charge is 0.310 e. The number of benzene rings is 1. The monoisotopic (exact) mass is 382 g/mol. The highest BCUT2D eigenvalue weighted by Gasteiger charge is 2.13. The zero-order chi connectivity index (χ0) is 13.7. The number of rotatable bonds is 5. The van der Waals surface area contributed by atoms with E-state index in [1.807, 2.05) is 24.4 Å². The fourth-order valence-corrected chi connectivity index (χ4v) is 3.39. The molecule has 4 heteroatoms. The van der Waals surface area contributed by atoms with Gasteiger partial charge >= 0.3 is 0 Å². The van der Waals surface area contributed by atoms with Crippen LogP contribution in [0.3, 0.4) is 0 Å². The number of hydrogen-bond donors (Lipinski definition) is 1. The van der Waals surface area contributed by atoms with Crippen molar-refractivity contribution in [1.82, 2.24) is 10.3 Å². The maximum atomic E-state index is 4.41. The molecule has 19 heavy (non-hydrogen) atoms. The Labute approximate surface area is 130 Å². The Balaban J connectivity index is 2.24. The molecule has 0 fully saturated rings. The Hall–Kier alpha value is -0.710. The molecule has 1 heterocycles. The van der Waals surface area contributed by atoms with Gasteiger partial charge in [0.15, 0.2) is 0 Å². The lowest BCUT2D eigenvalue weighted by Crippen LogP contribution is -2.23. The van der Waals surface area contributed by atoms with Crippen molar-refractivity contribution >= 4 is 31.9 Å². The van der Waals surface area contributed by atoms with E-state index in [-0.39, 0.29) is 6.04 Å². The van der Waals surface area contributed by atoms with Gasteiger partial charge in [-0.15, -0.1) is 0 Å². The minimum Gasteiger partial charge on any atom is -0.310 e. The van der Waals surface area contributed by atoms with Crippen LogP contribution in [-0.4, -0.2) is 11.5 Å². The molecule has 0 bridgehead atoms. The molecule has 1 aromatic heterocycles. The second-order valence-corrected chi connectivity index (χ2v) is 6.17. The van der Waals surface area contributed by atoms with Crippen molar-refractivity contribution in [2.24, 2.45) is 0 Å². The van der Waals surface area contributed by atoms with E-state index < -0.39 is 0 Å². The fraction of sp³-hybridized carbons (Fsp3) is 0.267. The highest BCUT2D eigenvalue weighted by molar-refractivity contribution is 9.11. The van der Waals surface area contributed by atoms with Crippen molar-refractivity contribution in [3.63, 3.8) is 0 Å². The van der Waals surface area contributed by atoms with E-state index in [9.17, 15) is 0 Å². The molecular formula is C15H16Br2N2. The topological polar surface area (TPSA) is 24.9 Å². The third kappa shape index (κ3) is 4.41. The van der Waals surface area contributed by atoms with Gasteiger partial charge in [0, 0.05) is 33.3 Å². The van der Waals surface area contributed by atoms with Gasteiger partial charge in [-0.1, -0.05) is 44.8 Å². The van der Waals surface area contributed by atoms with Gasteiger partial charge in [0.25, 0.3) is 0 Å². The molecule has 0 aliphatic carbocycles. The zero-order valence-electron chi connectivity index (χ0n) is 10.7. The summed E-state index contributed by atoms with van der Waals surface area (Å²) in [6.45, 7) is 3.06. The zero-order valence-corrected chi connectivity index (χ0v) is 13.9. The maximum absolute atomic E-state index is 4.41. The first-order valence-electron chi connectivity index (χ1n) is 6.28. The second-order valence-electron chi connectivity index (χ2n) is 4.34. The smallest absolute Gasteiger partial charge is 0.0422 e. The van der Waals surface area contributed by atoms with Gasteiger partial charge in [-0.05, 0) is 42.4 Å². The predicted molar refractivity (Wildman–Crippen MR) is 86.2 cm³/mol. The second kappa shape index (κ2) is 7.17. The van der Waals surface area contributed by atoms with E-state index >= 15 is 0 Å². The molecule has 2 nitrogen and oxygen atoms in total. The first-order chi connectivity index (χ1) is 9.19. The van der Waals surface area contributed by atoms with E-state index in [1.54, 1.807) is 0 Å². The molecule has 2 aromatic rings. The summed E-state index contributed by atoms with van der Waals surface area (Å²) >= 11 is 7.09. The molecule has 0 aliphatic heterocycles. The molecule has 0 spiro atoms. The summed E-state index contributed by atoms with van der Waals surface area (Å²) in [5, 5.41) is 3.52. The van der Waals surface area contributed by atoms with Crippen molar-refractivity contribution < 1.29 is 0 Å². The summed E-state index contributed by atoms with van der Waals surface area (Å²) < 4.78 is 2.17. The van der Waals surface area contributed by atoms with Crippen LogP contribution in [-0.2, 0) is 6.42 Å². The summed E-state index contributed by atoms with van der Waals surface area (Å²) in [6, 6.07) is 12.7. The number of likely N-dealkylation sites (N-methyl/N-ethyl adjacent to an activating group) is 1. The van der Waals surface area contributed by atoms with Crippen LogP contribution in [0.4, 0.5) is 0 Å². The Kier molecular flexibility index (Phi) is 5.55. The Bertz CT molecular complexity index is 509. The molecule has 1 N–H and O–H groups in total. The highest BCUT2D eigenvalue weighted by atomic mass is 79.9. The number of aromatic nitrogens is 1.